The van der Waals surface area contributed by atoms with E-state index in [4.69, 9.17) is 5.73 Å². The number of ketones is 4. The van der Waals surface area contributed by atoms with Crippen molar-refractivity contribution in [3.8, 4) is 5.75 Å². The maximum absolute atomic E-state index is 14.1. The molecule has 0 spiro atoms. The predicted octanol–water partition coefficient (Wildman–Crippen LogP) is -0.0146. The number of carbonyl (C=O) groups excluding carboxylic acids is 6. The van der Waals surface area contributed by atoms with Gasteiger partial charge in [-0.05, 0) is 63.2 Å². The molecule has 0 radical (unpaired) electrons. The molecule has 12 heteroatoms. The number of nitrogens with zero attached hydrogens (tertiary/aromatic N) is 2. The summed E-state index contributed by atoms with van der Waals surface area (Å²) in [6.45, 7) is 2.00. The normalized spacial score (nSPS) is 33.6. The molecular formula is C31H40N4O8. The van der Waals surface area contributed by atoms with Crippen LogP contribution in [0.25, 0.3) is 0 Å². The lowest BCUT2D eigenvalue weighted by Gasteiger charge is -2.52. The summed E-state index contributed by atoms with van der Waals surface area (Å²) in [5.41, 5.74) is 3.95. The molecule has 232 valence electrons. The maximum atomic E-state index is 14.1. The van der Waals surface area contributed by atoms with Crippen molar-refractivity contribution in [3.05, 3.63) is 22.8 Å². The van der Waals surface area contributed by atoms with Gasteiger partial charge in [0.25, 0.3) is 0 Å². The first-order valence-electron chi connectivity index (χ1n) is 14.8. The molecular weight excluding hydrogens is 556 g/mol. The zero-order valence-corrected chi connectivity index (χ0v) is 25.2. The number of primary amides is 1. The molecule has 0 heterocycles. The highest BCUT2D eigenvalue weighted by Crippen LogP contribution is 2.52. The number of aromatic hydroxyl groups is 1. The Hall–Kier alpha value is -3.64. The summed E-state index contributed by atoms with van der Waals surface area (Å²) in [5, 5.41) is 26.0. The number of Topliss-reactive ketones (excluding diaryl/α,β-unsaturated/α-hetero) is 4. The van der Waals surface area contributed by atoms with E-state index in [0.29, 0.717) is 16.8 Å². The van der Waals surface area contributed by atoms with Crippen LogP contribution in [0.3, 0.4) is 0 Å². The summed E-state index contributed by atoms with van der Waals surface area (Å²) in [4.78, 5) is 83.2. The molecule has 43 heavy (non-hydrogen) atoms. The number of likely N-dealkylation sites (N-methyl/N-ethyl adjacent to an activating group) is 1. The standard InChI is InChI=1S/C31H40N4O8/c1-13-7-6-8-16(13)30(42)33-12-15-11-19(34(2)3)17-9-14-10-18-23(35(4)5)26(38)22(29(32)41)28(40)31(18,43)27(39)20(14)25(37)21(17)24(15)36/h11,13-14,16,18,20,22-23,36,43H,6-10,12H2,1-5H3,(H2,32,41)(H,33,42)/t13?,14-,16+,18-,20?,22?,23-,31-/m1/s1. The van der Waals surface area contributed by atoms with E-state index in [1.54, 1.807) is 39.2 Å². The van der Waals surface area contributed by atoms with Crippen LogP contribution in [0.5, 0.6) is 5.75 Å². The minimum atomic E-state index is -2.78. The maximum Gasteiger partial charge on any atom is 0.235 e. The molecule has 5 rings (SSSR count). The van der Waals surface area contributed by atoms with Gasteiger partial charge in [0.05, 0.1) is 17.5 Å². The van der Waals surface area contributed by atoms with Crippen LogP contribution in [0.1, 0.15) is 54.1 Å². The fourth-order valence-corrected chi connectivity index (χ4v) is 8.09. The zero-order chi connectivity index (χ0) is 31.7. The molecule has 3 fully saturated rings. The smallest absolute Gasteiger partial charge is 0.235 e. The number of rotatable bonds is 6. The van der Waals surface area contributed by atoms with E-state index in [0.717, 1.165) is 19.3 Å². The number of carbonyl (C=O) groups is 6. The number of anilines is 1. The second-order valence-corrected chi connectivity index (χ2v) is 13.2. The average molecular weight is 597 g/mol. The molecule has 1 aromatic carbocycles. The van der Waals surface area contributed by atoms with Crippen LogP contribution in [-0.2, 0) is 36.9 Å². The molecule has 3 saturated carbocycles. The second kappa shape index (κ2) is 10.8. The monoisotopic (exact) mass is 596 g/mol. The molecule has 1 aromatic rings. The van der Waals surface area contributed by atoms with Gasteiger partial charge in [-0.2, -0.15) is 0 Å². The number of fused-ring (bicyclic) bond motifs is 3. The molecule has 8 atom stereocenters. The fourth-order valence-electron chi connectivity index (χ4n) is 8.09. The highest BCUT2D eigenvalue weighted by molar-refractivity contribution is 6.32. The van der Waals surface area contributed by atoms with E-state index >= 15 is 0 Å². The van der Waals surface area contributed by atoms with Gasteiger partial charge in [-0.25, -0.2) is 0 Å². The van der Waals surface area contributed by atoms with Gasteiger partial charge < -0.3 is 26.2 Å². The number of nitrogens with one attached hydrogen (secondary N) is 1. The van der Waals surface area contributed by atoms with Crippen LogP contribution < -0.4 is 16.0 Å². The Bertz CT molecular complexity index is 1440. The highest BCUT2D eigenvalue weighted by Gasteiger charge is 2.69. The molecule has 0 aliphatic heterocycles. The molecule has 3 unspecified atom stereocenters. The van der Waals surface area contributed by atoms with Gasteiger partial charge in [0.15, 0.2) is 34.7 Å². The van der Waals surface area contributed by atoms with Crippen molar-refractivity contribution in [2.24, 2.45) is 41.2 Å². The van der Waals surface area contributed by atoms with Crippen molar-refractivity contribution in [2.75, 3.05) is 33.1 Å². The summed E-state index contributed by atoms with van der Waals surface area (Å²) in [5.74, 6) is -10.9. The lowest BCUT2D eigenvalue weighted by atomic mass is 9.52. The van der Waals surface area contributed by atoms with Gasteiger partial charge in [0.1, 0.15) is 5.75 Å². The van der Waals surface area contributed by atoms with Crippen LogP contribution in [0, 0.1) is 35.5 Å². The van der Waals surface area contributed by atoms with E-state index < -0.39 is 64.4 Å². The summed E-state index contributed by atoms with van der Waals surface area (Å²) in [6.07, 6.45) is 2.87. The first-order valence-corrected chi connectivity index (χ1v) is 14.8. The number of phenolic OH excluding ortho intramolecular Hbond substituents is 1. The van der Waals surface area contributed by atoms with Crippen LogP contribution in [0.2, 0.25) is 0 Å². The van der Waals surface area contributed by atoms with Crippen molar-refractivity contribution in [1.29, 1.82) is 0 Å². The lowest BCUT2D eigenvalue weighted by molar-refractivity contribution is -0.181. The topological polar surface area (TPSA) is 187 Å². The Labute approximate surface area is 249 Å². The minimum absolute atomic E-state index is 0.0189. The van der Waals surface area contributed by atoms with Crippen molar-refractivity contribution >= 4 is 40.6 Å². The number of aliphatic hydroxyl groups is 1. The van der Waals surface area contributed by atoms with Gasteiger partial charge in [0.2, 0.25) is 11.8 Å². The lowest BCUT2D eigenvalue weighted by Crippen LogP contribution is -2.74. The average Bonchev–Trinajstić information content (AvgIpc) is 3.35. The van der Waals surface area contributed by atoms with Crippen LogP contribution in [0.15, 0.2) is 6.07 Å². The van der Waals surface area contributed by atoms with E-state index in [1.165, 1.54) is 4.90 Å². The van der Waals surface area contributed by atoms with Crippen molar-refractivity contribution in [2.45, 2.75) is 57.2 Å². The third-order valence-electron chi connectivity index (χ3n) is 10.2. The number of hydrogen-bond donors (Lipinski definition) is 4. The van der Waals surface area contributed by atoms with Gasteiger partial charge >= 0.3 is 0 Å². The van der Waals surface area contributed by atoms with Crippen LogP contribution >= 0.6 is 0 Å². The minimum Gasteiger partial charge on any atom is -0.507 e. The first kappa shape index (κ1) is 30.8. The highest BCUT2D eigenvalue weighted by atomic mass is 16.3. The van der Waals surface area contributed by atoms with Gasteiger partial charge in [-0.1, -0.05) is 13.3 Å². The Morgan fingerprint density at radius 2 is 1.77 bits per heavy atom. The van der Waals surface area contributed by atoms with Crippen molar-refractivity contribution in [3.63, 3.8) is 0 Å². The number of amides is 2. The summed E-state index contributed by atoms with van der Waals surface area (Å²) in [7, 11) is 6.65. The SMILES string of the molecule is CC1CCC[C@@H]1C(=O)NCc1cc(N(C)C)c2c(c1O)C(=O)C1C(=O)[C@@]3(O)C(=O)C(C(N)=O)C(=O)[C@H](N(C)C)[C@H]3C[C@H]1C2. The number of benzene rings is 1. The fraction of sp³-hybridized carbons (Fsp3) is 0.613. The van der Waals surface area contributed by atoms with E-state index in [2.05, 4.69) is 5.32 Å². The van der Waals surface area contributed by atoms with E-state index in [1.807, 2.05) is 6.92 Å². The van der Waals surface area contributed by atoms with E-state index in [-0.39, 0.29) is 48.4 Å². The van der Waals surface area contributed by atoms with Gasteiger partial charge in [-0.15, -0.1) is 0 Å². The summed E-state index contributed by atoms with van der Waals surface area (Å²) in [6, 6.07) is 0.561. The largest absolute Gasteiger partial charge is 0.507 e. The Morgan fingerprint density at radius 1 is 1.09 bits per heavy atom. The quantitative estimate of drug-likeness (QED) is 0.325. The zero-order valence-electron chi connectivity index (χ0n) is 25.2. The summed E-state index contributed by atoms with van der Waals surface area (Å²) < 4.78 is 0. The molecule has 2 amide bonds. The Balaban J connectivity index is 1.55. The molecule has 0 saturated heterocycles. The van der Waals surface area contributed by atoms with Gasteiger partial charge in [-0.3, -0.25) is 33.7 Å². The molecule has 4 aliphatic rings. The molecule has 4 aliphatic carbocycles. The summed E-state index contributed by atoms with van der Waals surface area (Å²) >= 11 is 0. The van der Waals surface area contributed by atoms with Crippen LogP contribution in [0.4, 0.5) is 5.69 Å². The van der Waals surface area contributed by atoms with Crippen LogP contribution in [-0.4, -0.2) is 89.9 Å². The molecule has 0 aromatic heterocycles. The third kappa shape index (κ3) is 4.57. The number of nitrogens with two attached hydrogens (primary N) is 1. The van der Waals surface area contributed by atoms with Crippen molar-refractivity contribution in [1.82, 2.24) is 10.2 Å². The number of hydrogen-bond acceptors (Lipinski definition) is 10. The second-order valence-electron chi connectivity index (χ2n) is 13.2. The number of phenols is 1. The molecule has 12 nitrogen and oxygen atoms in total. The third-order valence-corrected chi connectivity index (χ3v) is 10.2. The van der Waals surface area contributed by atoms with Crippen molar-refractivity contribution < 1.29 is 39.0 Å². The predicted molar refractivity (Wildman–Crippen MR) is 154 cm³/mol. The Morgan fingerprint density at radius 3 is 2.33 bits per heavy atom. The Kier molecular flexibility index (Phi) is 7.75. The van der Waals surface area contributed by atoms with E-state index in [9.17, 15) is 39.0 Å². The molecule has 5 N–H and O–H groups in total. The molecule has 0 bridgehead atoms. The van der Waals surface area contributed by atoms with Gasteiger partial charge in [0, 0.05) is 43.7 Å². The first-order chi connectivity index (χ1) is 20.1.